The fourth-order valence-corrected chi connectivity index (χ4v) is 1.98. The number of hydrogen-bond acceptors (Lipinski definition) is 2. The first-order valence-electron chi connectivity index (χ1n) is 4.33. The van der Waals surface area contributed by atoms with Crippen LogP contribution in [0.5, 0.6) is 0 Å². The van der Waals surface area contributed by atoms with E-state index in [4.69, 9.17) is 0 Å². The van der Waals surface area contributed by atoms with Gasteiger partial charge >= 0.3 is 0 Å². The van der Waals surface area contributed by atoms with Crippen molar-refractivity contribution < 1.29 is 4.79 Å². The highest BCUT2D eigenvalue weighted by Gasteiger charge is 2.46. The second-order valence-corrected chi connectivity index (χ2v) is 3.44. The Bertz CT molecular complexity index is 241. The predicted molar refractivity (Wildman–Crippen MR) is 45.8 cm³/mol. The van der Waals surface area contributed by atoms with Crippen molar-refractivity contribution in [1.82, 2.24) is 10.6 Å². The van der Waals surface area contributed by atoms with Gasteiger partial charge < -0.3 is 5.32 Å². The molecule has 0 aromatic carbocycles. The zero-order valence-electron chi connectivity index (χ0n) is 7.18. The van der Waals surface area contributed by atoms with E-state index in [1.807, 2.05) is 0 Å². The highest BCUT2D eigenvalue weighted by atomic mass is 16.2. The Morgan fingerprint density at radius 2 is 2.08 bits per heavy atom. The van der Waals surface area contributed by atoms with Crippen LogP contribution in [-0.2, 0) is 4.79 Å². The summed E-state index contributed by atoms with van der Waals surface area (Å²) >= 11 is 0. The molecule has 1 aliphatic carbocycles. The largest absolute Gasteiger partial charge is 0.342 e. The summed E-state index contributed by atoms with van der Waals surface area (Å²) in [4.78, 5) is 15.4. The fourth-order valence-electron chi connectivity index (χ4n) is 1.98. The number of carbonyl (C=O) groups excluding carboxylic acids is 1. The van der Waals surface area contributed by atoms with Crippen LogP contribution < -0.4 is 10.6 Å². The quantitative estimate of drug-likeness (QED) is 0.533. The van der Waals surface area contributed by atoms with E-state index < -0.39 is 0 Å². The minimum Gasteiger partial charge on any atom is -0.342 e. The van der Waals surface area contributed by atoms with E-state index in [0.717, 1.165) is 25.7 Å². The van der Waals surface area contributed by atoms with Crippen molar-refractivity contribution in [2.24, 2.45) is 4.99 Å². The van der Waals surface area contributed by atoms with Crippen molar-refractivity contribution in [3.63, 3.8) is 0 Å². The molecule has 0 aromatic rings. The van der Waals surface area contributed by atoms with Gasteiger partial charge in [0.2, 0.25) is 0 Å². The fraction of sp³-hybridized carbons (Fsp3) is 0.750. The van der Waals surface area contributed by atoms with Crippen LogP contribution in [0.25, 0.3) is 0 Å². The van der Waals surface area contributed by atoms with E-state index in [1.165, 1.54) is 0 Å². The van der Waals surface area contributed by atoms with Gasteiger partial charge in [-0.25, -0.2) is 0 Å². The van der Waals surface area contributed by atoms with Crippen molar-refractivity contribution >= 4 is 11.9 Å². The number of nitrogens with one attached hydrogen (secondary N) is 2. The maximum absolute atomic E-state index is 11.5. The van der Waals surface area contributed by atoms with Crippen molar-refractivity contribution in [2.45, 2.75) is 31.2 Å². The van der Waals surface area contributed by atoms with Gasteiger partial charge in [0.05, 0.1) is 0 Å². The Labute approximate surface area is 71.4 Å². The molecule has 2 fully saturated rings. The summed E-state index contributed by atoms with van der Waals surface area (Å²) in [6.07, 6.45) is 4.16. The minimum atomic E-state index is -0.311. The molecule has 4 nitrogen and oxygen atoms in total. The van der Waals surface area contributed by atoms with Gasteiger partial charge in [-0.3, -0.25) is 15.1 Å². The van der Waals surface area contributed by atoms with Crippen LogP contribution in [-0.4, -0.2) is 24.5 Å². The van der Waals surface area contributed by atoms with E-state index in [-0.39, 0.29) is 11.4 Å². The van der Waals surface area contributed by atoms with Crippen molar-refractivity contribution in [1.29, 1.82) is 0 Å². The molecule has 2 N–H and O–H groups in total. The summed E-state index contributed by atoms with van der Waals surface area (Å²) in [6, 6.07) is 0. The summed E-state index contributed by atoms with van der Waals surface area (Å²) < 4.78 is 0. The van der Waals surface area contributed by atoms with Crippen molar-refractivity contribution in [3.05, 3.63) is 0 Å². The van der Waals surface area contributed by atoms with Crippen LogP contribution in [0.1, 0.15) is 25.7 Å². The lowest BCUT2D eigenvalue weighted by Crippen LogP contribution is -2.43. The van der Waals surface area contributed by atoms with Crippen molar-refractivity contribution in [3.8, 4) is 0 Å². The van der Waals surface area contributed by atoms with E-state index >= 15 is 0 Å². The maximum Gasteiger partial charge on any atom is 0.252 e. The molecule has 4 heteroatoms. The molecule has 0 aromatic heterocycles. The number of aliphatic imine (C=N–C) groups is 1. The number of rotatable bonds is 0. The third-order valence-corrected chi connectivity index (χ3v) is 2.70. The zero-order valence-corrected chi connectivity index (χ0v) is 7.18. The molecule has 12 heavy (non-hydrogen) atoms. The van der Waals surface area contributed by atoms with Gasteiger partial charge in [0.1, 0.15) is 5.54 Å². The Morgan fingerprint density at radius 1 is 1.42 bits per heavy atom. The van der Waals surface area contributed by atoms with Crippen molar-refractivity contribution in [2.75, 3.05) is 7.05 Å². The van der Waals surface area contributed by atoms with Gasteiger partial charge in [-0.05, 0) is 12.8 Å². The number of hydrogen-bond donors (Lipinski definition) is 2. The molecule has 0 atom stereocenters. The summed E-state index contributed by atoms with van der Waals surface area (Å²) in [5.41, 5.74) is -0.311. The smallest absolute Gasteiger partial charge is 0.252 e. The Kier molecular flexibility index (Phi) is 1.56. The van der Waals surface area contributed by atoms with Gasteiger partial charge in [-0.1, -0.05) is 12.8 Å². The molecular formula is C8H13N3O. The summed E-state index contributed by atoms with van der Waals surface area (Å²) in [6.45, 7) is 0. The second-order valence-electron chi connectivity index (χ2n) is 3.44. The molecule has 1 amide bonds. The van der Waals surface area contributed by atoms with E-state index in [2.05, 4.69) is 15.6 Å². The minimum absolute atomic E-state index is 0.0978. The van der Waals surface area contributed by atoms with Crippen LogP contribution in [0, 0.1) is 0 Å². The van der Waals surface area contributed by atoms with Crippen LogP contribution in [0.4, 0.5) is 0 Å². The van der Waals surface area contributed by atoms with E-state index in [9.17, 15) is 4.79 Å². The molecule has 0 unspecified atom stereocenters. The van der Waals surface area contributed by atoms with Gasteiger partial charge in [-0.2, -0.15) is 0 Å². The van der Waals surface area contributed by atoms with Crippen LogP contribution in [0.15, 0.2) is 4.99 Å². The Morgan fingerprint density at radius 3 is 2.58 bits per heavy atom. The third-order valence-electron chi connectivity index (χ3n) is 2.70. The highest BCUT2D eigenvalue weighted by molar-refractivity contribution is 6.09. The lowest BCUT2D eigenvalue weighted by molar-refractivity contribution is -0.123. The number of nitrogens with zero attached hydrogens (tertiary/aromatic N) is 1. The van der Waals surface area contributed by atoms with Crippen LogP contribution in [0.2, 0.25) is 0 Å². The molecule has 66 valence electrons. The molecule has 0 bridgehead atoms. The van der Waals surface area contributed by atoms with Gasteiger partial charge in [-0.15, -0.1) is 0 Å². The molecule has 2 rings (SSSR count). The third kappa shape index (κ3) is 0.906. The number of carbonyl (C=O) groups is 1. The second kappa shape index (κ2) is 2.47. The Hall–Kier alpha value is -1.06. The summed E-state index contributed by atoms with van der Waals surface area (Å²) in [5.74, 6) is 0.725. The first-order chi connectivity index (χ1) is 5.77. The average molecular weight is 167 g/mol. The average Bonchev–Trinajstić information content (AvgIpc) is 2.63. The summed E-state index contributed by atoms with van der Waals surface area (Å²) in [5, 5.41) is 5.89. The molecule has 1 aliphatic heterocycles. The van der Waals surface area contributed by atoms with Gasteiger partial charge in [0.25, 0.3) is 5.91 Å². The molecule has 1 saturated carbocycles. The zero-order chi connectivity index (χ0) is 8.60. The molecule has 1 heterocycles. The monoisotopic (exact) mass is 167 g/mol. The lowest BCUT2D eigenvalue weighted by Gasteiger charge is -2.18. The normalized spacial score (nSPS) is 29.4. The molecular weight excluding hydrogens is 154 g/mol. The summed E-state index contributed by atoms with van der Waals surface area (Å²) in [7, 11) is 1.68. The number of amides is 1. The maximum atomic E-state index is 11.5. The van der Waals surface area contributed by atoms with Crippen LogP contribution in [0.3, 0.4) is 0 Å². The molecule has 1 saturated heterocycles. The van der Waals surface area contributed by atoms with Crippen LogP contribution >= 0.6 is 0 Å². The number of guanidine groups is 1. The predicted octanol–water partition coefficient (Wildman–Crippen LogP) is 0.00440. The Balaban J connectivity index is 2.22. The SMILES string of the molecule is CN=C1NC(=O)C2(CCCC2)N1. The van der Waals surface area contributed by atoms with E-state index in [0.29, 0.717) is 5.96 Å². The standard InChI is InChI=1S/C8H13N3O/c1-9-7-10-6(12)8(11-7)4-2-3-5-8/h2-5H2,1H3,(H2,9,10,11,12). The van der Waals surface area contributed by atoms with E-state index in [1.54, 1.807) is 7.05 Å². The molecule has 2 aliphatic rings. The van der Waals surface area contributed by atoms with Gasteiger partial charge in [0, 0.05) is 7.05 Å². The van der Waals surface area contributed by atoms with Gasteiger partial charge in [0.15, 0.2) is 5.96 Å². The lowest BCUT2D eigenvalue weighted by atomic mass is 9.99. The molecule has 1 spiro atoms. The highest BCUT2D eigenvalue weighted by Crippen LogP contribution is 2.31. The first-order valence-corrected chi connectivity index (χ1v) is 4.33. The molecule has 0 radical (unpaired) electrons. The topological polar surface area (TPSA) is 53.5 Å². The first kappa shape index (κ1) is 7.58.